The zero-order valence-electron chi connectivity index (χ0n) is 11.9. The molecule has 0 unspecified atom stereocenters. The number of hydrogen-bond donors (Lipinski definition) is 0. The minimum Gasteiger partial charge on any atom is -0.494 e. The molecule has 1 heterocycles. The summed E-state index contributed by atoms with van der Waals surface area (Å²) in [6, 6.07) is 7.08. The van der Waals surface area contributed by atoms with E-state index in [0.717, 1.165) is 37.1 Å². The number of nitrogens with zero attached hydrogens (tertiary/aromatic N) is 2. The molecule has 2 aromatic rings. The molecule has 2 rings (SSSR count). The van der Waals surface area contributed by atoms with Gasteiger partial charge in [-0.15, -0.1) is 10.2 Å². The number of aryl methyl sites for hydroxylation is 1. The van der Waals surface area contributed by atoms with Crippen molar-refractivity contribution >= 4 is 18.0 Å². The lowest BCUT2D eigenvalue weighted by Crippen LogP contribution is -1.98. The van der Waals surface area contributed by atoms with E-state index >= 15 is 0 Å². The second-order valence-corrected chi connectivity index (χ2v) is 5.50. The molecule has 1 aromatic heterocycles. The first-order valence-corrected chi connectivity index (χ1v) is 7.93. The van der Waals surface area contributed by atoms with Gasteiger partial charge < -0.3 is 9.15 Å². The van der Waals surface area contributed by atoms with Crippen LogP contribution >= 0.6 is 11.8 Å². The third-order valence-electron chi connectivity index (χ3n) is 2.71. The Bertz CT molecular complexity index is 554. The summed E-state index contributed by atoms with van der Waals surface area (Å²) in [5.74, 6) is 2.33. The highest BCUT2D eigenvalue weighted by Gasteiger charge is 2.05. The van der Waals surface area contributed by atoms with Crippen molar-refractivity contribution in [3.63, 3.8) is 0 Å². The van der Waals surface area contributed by atoms with Crippen molar-refractivity contribution in [3.8, 4) is 5.75 Å². The lowest BCUT2D eigenvalue weighted by Gasteiger charge is -2.05. The van der Waals surface area contributed by atoms with E-state index in [0.29, 0.717) is 23.3 Å². The predicted molar refractivity (Wildman–Crippen MR) is 81.0 cm³/mol. The maximum absolute atomic E-state index is 10.5. The highest BCUT2D eigenvalue weighted by Crippen LogP contribution is 2.18. The zero-order valence-corrected chi connectivity index (χ0v) is 12.8. The van der Waals surface area contributed by atoms with Crippen LogP contribution < -0.4 is 4.74 Å². The maximum atomic E-state index is 10.5. The molecule has 0 bridgehead atoms. The first-order valence-electron chi connectivity index (χ1n) is 6.95. The van der Waals surface area contributed by atoms with Gasteiger partial charge in [-0.3, -0.25) is 4.79 Å². The van der Waals surface area contributed by atoms with Gasteiger partial charge in [0, 0.05) is 17.7 Å². The van der Waals surface area contributed by atoms with Crippen molar-refractivity contribution in [1.29, 1.82) is 0 Å². The third kappa shape index (κ3) is 5.23. The monoisotopic (exact) mass is 306 g/mol. The summed E-state index contributed by atoms with van der Waals surface area (Å²) in [7, 11) is 0. The second-order valence-electron chi connectivity index (χ2n) is 4.45. The normalized spacial score (nSPS) is 10.5. The number of benzene rings is 1. The van der Waals surface area contributed by atoms with Crippen LogP contribution in [0.4, 0.5) is 0 Å². The van der Waals surface area contributed by atoms with Crippen LogP contribution in [0, 0.1) is 0 Å². The number of aldehydes is 1. The Morgan fingerprint density at radius 1 is 1.29 bits per heavy atom. The SMILES string of the molecule is CCCc1nnc(SCCCOc2ccc(C=O)cc2)o1. The van der Waals surface area contributed by atoms with E-state index in [9.17, 15) is 4.79 Å². The maximum Gasteiger partial charge on any atom is 0.276 e. The fraction of sp³-hybridized carbons (Fsp3) is 0.400. The lowest BCUT2D eigenvalue weighted by atomic mass is 10.2. The van der Waals surface area contributed by atoms with Crippen LogP contribution in [0.2, 0.25) is 0 Å². The van der Waals surface area contributed by atoms with Gasteiger partial charge in [0.2, 0.25) is 5.89 Å². The summed E-state index contributed by atoms with van der Waals surface area (Å²) in [5, 5.41) is 8.57. The van der Waals surface area contributed by atoms with Gasteiger partial charge in [-0.2, -0.15) is 0 Å². The summed E-state index contributed by atoms with van der Waals surface area (Å²) in [5.41, 5.74) is 0.650. The van der Waals surface area contributed by atoms with Gasteiger partial charge in [-0.05, 0) is 37.1 Å². The van der Waals surface area contributed by atoms with Crippen LogP contribution in [-0.4, -0.2) is 28.8 Å². The molecule has 0 N–H and O–H groups in total. The highest BCUT2D eigenvalue weighted by molar-refractivity contribution is 7.99. The molecular weight excluding hydrogens is 288 g/mol. The van der Waals surface area contributed by atoms with E-state index < -0.39 is 0 Å². The minimum atomic E-state index is 0.614. The number of carbonyl (C=O) groups excluding carboxylic acids is 1. The molecule has 0 aliphatic rings. The predicted octanol–water partition coefficient (Wildman–Crippen LogP) is 3.40. The Hall–Kier alpha value is -1.82. The van der Waals surface area contributed by atoms with Crippen LogP contribution in [0.5, 0.6) is 5.75 Å². The second kappa shape index (κ2) is 8.46. The van der Waals surface area contributed by atoms with Crippen LogP contribution in [0.25, 0.3) is 0 Å². The van der Waals surface area contributed by atoms with E-state index in [1.54, 1.807) is 36.0 Å². The van der Waals surface area contributed by atoms with E-state index in [4.69, 9.17) is 9.15 Å². The fourth-order valence-corrected chi connectivity index (χ4v) is 2.35. The summed E-state index contributed by atoms with van der Waals surface area (Å²) in [6.45, 7) is 2.69. The van der Waals surface area contributed by atoms with Crippen molar-refractivity contribution < 1.29 is 13.9 Å². The first-order chi connectivity index (χ1) is 10.3. The summed E-state index contributed by atoms with van der Waals surface area (Å²) in [6.07, 6.45) is 3.53. The van der Waals surface area contributed by atoms with Gasteiger partial charge in [-0.1, -0.05) is 18.7 Å². The van der Waals surface area contributed by atoms with Gasteiger partial charge >= 0.3 is 0 Å². The molecular formula is C15H18N2O3S. The zero-order chi connectivity index (χ0) is 14.9. The molecule has 0 radical (unpaired) electrons. The lowest BCUT2D eigenvalue weighted by molar-refractivity contribution is 0.112. The van der Waals surface area contributed by atoms with Crippen LogP contribution in [-0.2, 0) is 6.42 Å². The molecule has 0 aliphatic carbocycles. The number of hydrogen-bond acceptors (Lipinski definition) is 6. The number of aromatic nitrogens is 2. The van der Waals surface area contributed by atoms with Gasteiger partial charge in [0.25, 0.3) is 5.22 Å². The summed E-state index contributed by atoms with van der Waals surface area (Å²) >= 11 is 1.54. The Balaban J connectivity index is 1.63. The van der Waals surface area contributed by atoms with Gasteiger partial charge in [0.05, 0.1) is 6.61 Å². The fourth-order valence-electron chi connectivity index (χ4n) is 1.66. The molecule has 5 nitrogen and oxygen atoms in total. The third-order valence-corrected chi connectivity index (χ3v) is 3.62. The van der Waals surface area contributed by atoms with Crippen molar-refractivity contribution in [2.24, 2.45) is 0 Å². The Kier molecular flexibility index (Phi) is 6.27. The van der Waals surface area contributed by atoms with E-state index in [-0.39, 0.29) is 0 Å². The van der Waals surface area contributed by atoms with E-state index in [1.165, 1.54) is 0 Å². The van der Waals surface area contributed by atoms with E-state index in [1.807, 2.05) is 0 Å². The average molecular weight is 306 g/mol. The van der Waals surface area contributed by atoms with Crippen molar-refractivity contribution in [2.75, 3.05) is 12.4 Å². The molecule has 0 atom stereocenters. The quantitative estimate of drug-likeness (QED) is 0.402. The molecule has 0 saturated heterocycles. The van der Waals surface area contributed by atoms with E-state index in [2.05, 4.69) is 17.1 Å². The topological polar surface area (TPSA) is 65.2 Å². The Labute approximate surface area is 128 Å². The van der Waals surface area contributed by atoms with Crippen LogP contribution in [0.3, 0.4) is 0 Å². The van der Waals surface area contributed by atoms with Crippen LogP contribution in [0.1, 0.15) is 36.0 Å². The minimum absolute atomic E-state index is 0.614. The number of rotatable bonds is 9. The number of thioether (sulfide) groups is 1. The molecule has 0 saturated carbocycles. The molecule has 6 heteroatoms. The summed E-state index contributed by atoms with van der Waals surface area (Å²) in [4.78, 5) is 10.5. The van der Waals surface area contributed by atoms with Gasteiger partial charge in [-0.25, -0.2) is 0 Å². The molecule has 0 aliphatic heterocycles. The van der Waals surface area contributed by atoms with Crippen molar-refractivity contribution in [3.05, 3.63) is 35.7 Å². The Morgan fingerprint density at radius 3 is 2.81 bits per heavy atom. The number of ether oxygens (including phenoxy) is 1. The summed E-state index contributed by atoms with van der Waals surface area (Å²) < 4.78 is 11.1. The molecule has 0 fully saturated rings. The largest absolute Gasteiger partial charge is 0.494 e. The molecule has 0 amide bonds. The number of carbonyl (C=O) groups is 1. The average Bonchev–Trinajstić information content (AvgIpc) is 2.95. The molecule has 1 aromatic carbocycles. The molecule has 0 spiro atoms. The van der Waals surface area contributed by atoms with Crippen molar-refractivity contribution in [2.45, 2.75) is 31.4 Å². The molecule has 112 valence electrons. The highest BCUT2D eigenvalue weighted by atomic mass is 32.2. The smallest absolute Gasteiger partial charge is 0.276 e. The first kappa shape index (κ1) is 15.6. The standard InChI is InChI=1S/C15H18N2O3S/c1-2-4-14-16-17-15(20-14)21-10-3-9-19-13-7-5-12(11-18)6-8-13/h5-8,11H,2-4,9-10H2,1H3. The van der Waals surface area contributed by atoms with Gasteiger partial charge in [0.1, 0.15) is 12.0 Å². The van der Waals surface area contributed by atoms with Gasteiger partial charge in [0.15, 0.2) is 0 Å². The van der Waals surface area contributed by atoms with Crippen LogP contribution in [0.15, 0.2) is 33.9 Å². The molecule has 21 heavy (non-hydrogen) atoms. The van der Waals surface area contributed by atoms with Crippen molar-refractivity contribution in [1.82, 2.24) is 10.2 Å². The Morgan fingerprint density at radius 2 is 2.10 bits per heavy atom.